The van der Waals surface area contributed by atoms with E-state index < -0.39 is 0 Å². The lowest BCUT2D eigenvalue weighted by Gasteiger charge is -2.36. The van der Waals surface area contributed by atoms with Gasteiger partial charge in [-0.25, -0.2) is 0 Å². The topological polar surface area (TPSA) is 38.5 Å². The Balaban J connectivity index is 2.16. The van der Waals surface area contributed by atoms with Crippen molar-refractivity contribution in [1.82, 2.24) is 4.90 Å². The number of anilines is 1. The minimum Gasteiger partial charge on any atom is -0.399 e. The summed E-state index contributed by atoms with van der Waals surface area (Å²) in [5.74, 6) is 0.545. The number of rotatable bonds is 0. The van der Waals surface area contributed by atoms with E-state index in [1.807, 2.05) is 0 Å². The molecule has 15 heavy (non-hydrogen) atoms. The first kappa shape index (κ1) is 9.19. The van der Waals surface area contributed by atoms with Crippen LogP contribution in [0.15, 0.2) is 12.1 Å². The molecule has 0 radical (unpaired) electrons. The molecule has 1 aromatic rings. The molecule has 0 bridgehead atoms. The Kier molecular flexibility index (Phi) is 1.97. The molecule has 0 aromatic heterocycles. The molecule has 0 aliphatic carbocycles. The predicted octanol–water partition coefficient (Wildman–Crippen LogP) is 1.33. The van der Waals surface area contributed by atoms with Gasteiger partial charge < -0.3 is 15.4 Å². The Labute approximate surface area is 89.8 Å². The van der Waals surface area contributed by atoms with E-state index in [4.69, 9.17) is 10.5 Å². The molecule has 80 valence electrons. The van der Waals surface area contributed by atoms with Gasteiger partial charge in [-0.1, -0.05) is 0 Å². The van der Waals surface area contributed by atoms with Crippen molar-refractivity contribution in [1.29, 1.82) is 0 Å². The maximum atomic E-state index is 5.90. The first-order valence-electron chi connectivity index (χ1n) is 5.41. The van der Waals surface area contributed by atoms with Crippen LogP contribution in [0.4, 0.5) is 5.69 Å². The number of hydrogen-bond donors (Lipinski definition) is 1. The van der Waals surface area contributed by atoms with Gasteiger partial charge in [-0.15, -0.1) is 0 Å². The van der Waals surface area contributed by atoms with Crippen LogP contribution in [0.1, 0.15) is 22.6 Å². The lowest BCUT2D eigenvalue weighted by Crippen LogP contribution is -2.35. The summed E-state index contributed by atoms with van der Waals surface area (Å²) in [6.45, 7) is 3.70. The molecule has 2 aliphatic heterocycles. The first-order valence-corrected chi connectivity index (χ1v) is 5.41. The second-order valence-corrected chi connectivity index (χ2v) is 4.66. The molecule has 1 aromatic carbocycles. The van der Waals surface area contributed by atoms with Crippen LogP contribution >= 0.6 is 0 Å². The van der Waals surface area contributed by atoms with Crippen LogP contribution in [0.5, 0.6) is 0 Å². The van der Waals surface area contributed by atoms with E-state index in [2.05, 4.69) is 24.1 Å². The minimum atomic E-state index is 0.545. The average Bonchev–Trinajstić information content (AvgIpc) is 2.16. The number of nitrogen functional groups attached to an aromatic ring is 1. The van der Waals surface area contributed by atoms with Crippen molar-refractivity contribution in [2.45, 2.75) is 19.1 Å². The zero-order chi connectivity index (χ0) is 10.4. The smallest absolute Gasteiger partial charge is 0.0720 e. The quantitative estimate of drug-likeness (QED) is 0.648. The van der Waals surface area contributed by atoms with Crippen molar-refractivity contribution in [2.75, 3.05) is 25.9 Å². The molecule has 0 saturated heterocycles. The minimum absolute atomic E-state index is 0.545. The van der Waals surface area contributed by atoms with Crippen LogP contribution in [-0.4, -0.2) is 25.1 Å². The Hall–Kier alpha value is -1.06. The Bertz CT molecular complexity index is 403. The Morgan fingerprint density at radius 2 is 2.20 bits per heavy atom. The van der Waals surface area contributed by atoms with Crippen LogP contribution in [0.2, 0.25) is 0 Å². The molecular formula is C12H16N2O. The van der Waals surface area contributed by atoms with Crippen molar-refractivity contribution in [3.8, 4) is 0 Å². The fourth-order valence-electron chi connectivity index (χ4n) is 2.85. The normalized spacial score (nSPS) is 25.0. The summed E-state index contributed by atoms with van der Waals surface area (Å²) >= 11 is 0. The third-order valence-electron chi connectivity index (χ3n) is 3.33. The SMILES string of the molecule is CN1Cc2cc(N)cc3c2C(COC3)C1. The molecule has 2 aliphatic rings. The molecule has 1 unspecified atom stereocenters. The number of benzene rings is 1. The van der Waals surface area contributed by atoms with Gasteiger partial charge in [-0.05, 0) is 35.9 Å². The Morgan fingerprint density at radius 3 is 3.07 bits per heavy atom. The summed E-state index contributed by atoms with van der Waals surface area (Å²) in [6.07, 6.45) is 0. The van der Waals surface area contributed by atoms with Crippen molar-refractivity contribution >= 4 is 5.69 Å². The maximum absolute atomic E-state index is 5.90. The summed E-state index contributed by atoms with van der Waals surface area (Å²) in [5.41, 5.74) is 11.0. The van der Waals surface area contributed by atoms with Gasteiger partial charge in [0, 0.05) is 24.7 Å². The van der Waals surface area contributed by atoms with Crippen molar-refractivity contribution < 1.29 is 4.74 Å². The summed E-state index contributed by atoms with van der Waals surface area (Å²) in [4.78, 5) is 2.34. The van der Waals surface area contributed by atoms with Gasteiger partial charge in [0.2, 0.25) is 0 Å². The van der Waals surface area contributed by atoms with Crippen LogP contribution in [0.25, 0.3) is 0 Å². The number of nitrogens with zero attached hydrogens (tertiary/aromatic N) is 1. The zero-order valence-corrected chi connectivity index (χ0v) is 8.99. The van der Waals surface area contributed by atoms with Gasteiger partial charge in [0.1, 0.15) is 0 Å². The standard InChI is InChI=1S/C12H16N2O/c1-14-4-8-2-11(13)3-9-6-15-7-10(5-14)12(8)9/h2-3,10H,4-7,13H2,1H3. The van der Waals surface area contributed by atoms with Crippen molar-refractivity contribution in [2.24, 2.45) is 0 Å². The second-order valence-electron chi connectivity index (χ2n) is 4.66. The highest BCUT2D eigenvalue weighted by Gasteiger charge is 2.29. The number of ether oxygens (including phenoxy) is 1. The summed E-state index contributed by atoms with van der Waals surface area (Å²) in [7, 11) is 2.15. The van der Waals surface area contributed by atoms with Crippen molar-refractivity contribution in [3.63, 3.8) is 0 Å². The van der Waals surface area contributed by atoms with Gasteiger partial charge >= 0.3 is 0 Å². The molecule has 0 spiro atoms. The fraction of sp³-hybridized carbons (Fsp3) is 0.500. The summed E-state index contributed by atoms with van der Waals surface area (Å²) in [6, 6.07) is 4.18. The lowest BCUT2D eigenvalue weighted by atomic mass is 9.85. The third-order valence-corrected chi connectivity index (χ3v) is 3.33. The van der Waals surface area contributed by atoms with Crippen molar-refractivity contribution in [3.05, 3.63) is 28.8 Å². The highest BCUT2D eigenvalue weighted by molar-refractivity contribution is 5.52. The van der Waals surface area contributed by atoms with Crippen LogP contribution in [-0.2, 0) is 17.9 Å². The van der Waals surface area contributed by atoms with Gasteiger partial charge in [0.05, 0.1) is 13.2 Å². The molecule has 0 saturated carbocycles. The van der Waals surface area contributed by atoms with Crippen LogP contribution in [0, 0.1) is 0 Å². The zero-order valence-electron chi connectivity index (χ0n) is 8.99. The molecule has 2 N–H and O–H groups in total. The maximum Gasteiger partial charge on any atom is 0.0720 e. The van der Waals surface area contributed by atoms with E-state index in [-0.39, 0.29) is 0 Å². The molecule has 0 amide bonds. The van der Waals surface area contributed by atoms with E-state index in [1.54, 1.807) is 0 Å². The van der Waals surface area contributed by atoms with Crippen LogP contribution < -0.4 is 5.73 Å². The second kappa shape index (κ2) is 3.22. The third kappa shape index (κ3) is 1.43. The van der Waals surface area contributed by atoms with Gasteiger partial charge in [0.15, 0.2) is 0 Å². The van der Waals surface area contributed by atoms with Gasteiger partial charge in [0.25, 0.3) is 0 Å². The highest BCUT2D eigenvalue weighted by atomic mass is 16.5. The molecular weight excluding hydrogens is 188 g/mol. The predicted molar refractivity (Wildman–Crippen MR) is 59.6 cm³/mol. The molecule has 1 atom stereocenters. The first-order chi connectivity index (χ1) is 7.24. The van der Waals surface area contributed by atoms with E-state index in [0.29, 0.717) is 5.92 Å². The fourth-order valence-corrected chi connectivity index (χ4v) is 2.85. The molecule has 2 heterocycles. The summed E-state index contributed by atoms with van der Waals surface area (Å²) in [5, 5.41) is 0. The highest BCUT2D eigenvalue weighted by Crippen LogP contribution is 2.35. The average molecular weight is 204 g/mol. The van der Waals surface area contributed by atoms with E-state index in [1.165, 1.54) is 16.7 Å². The number of likely N-dealkylation sites (N-methyl/N-ethyl adjacent to an activating group) is 1. The van der Waals surface area contributed by atoms with E-state index in [9.17, 15) is 0 Å². The Morgan fingerprint density at radius 1 is 1.40 bits per heavy atom. The monoisotopic (exact) mass is 204 g/mol. The van der Waals surface area contributed by atoms with E-state index in [0.717, 1.165) is 32.0 Å². The molecule has 0 fully saturated rings. The lowest BCUT2D eigenvalue weighted by molar-refractivity contribution is 0.0742. The number of hydrogen-bond acceptors (Lipinski definition) is 3. The van der Waals surface area contributed by atoms with E-state index >= 15 is 0 Å². The van der Waals surface area contributed by atoms with Gasteiger partial charge in [-0.2, -0.15) is 0 Å². The van der Waals surface area contributed by atoms with Gasteiger partial charge in [-0.3, -0.25) is 0 Å². The van der Waals surface area contributed by atoms with Crippen LogP contribution in [0.3, 0.4) is 0 Å². The molecule has 3 rings (SSSR count). The summed E-state index contributed by atoms with van der Waals surface area (Å²) < 4.78 is 5.61. The number of nitrogens with two attached hydrogens (primary N) is 1. The largest absolute Gasteiger partial charge is 0.399 e. The molecule has 3 heteroatoms. The molecule has 3 nitrogen and oxygen atoms in total.